The summed E-state index contributed by atoms with van der Waals surface area (Å²) in [6.45, 7) is 0.154. The van der Waals surface area contributed by atoms with Gasteiger partial charge in [-0.1, -0.05) is 0 Å². The standard InChI is InChI=1S/C3H6ClNO2/c4-3(7)5-1-2-6/h6H,1-2H2,(H,5,7). The van der Waals surface area contributed by atoms with E-state index < -0.39 is 5.37 Å². The Hall–Kier alpha value is -0.280. The molecule has 0 saturated heterocycles. The van der Waals surface area contributed by atoms with Gasteiger partial charge >= 0.3 is 5.37 Å². The van der Waals surface area contributed by atoms with Crippen molar-refractivity contribution in [2.24, 2.45) is 0 Å². The Labute approximate surface area is 46.3 Å². The minimum atomic E-state index is -0.631. The van der Waals surface area contributed by atoms with Gasteiger partial charge in [0.05, 0.1) is 6.61 Å². The highest BCUT2D eigenvalue weighted by atomic mass is 35.5. The molecule has 0 atom stereocenters. The molecule has 0 aliphatic rings. The Balaban J connectivity index is 2.82. The molecule has 0 bridgehead atoms. The van der Waals surface area contributed by atoms with Crippen LogP contribution in [0.1, 0.15) is 0 Å². The van der Waals surface area contributed by atoms with E-state index in [1.165, 1.54) is 0 Å². The van der Waals surface area contributed by atoms with Gasteiger partial charge in [0.2, 0.25) is 0 Å². The van der Waals surface area contributed by atoms with E-state index in [1.807, 2.05) is 0 Å². The molecule has 0 unspecified atom stereocenters. The van der Waals surface area contributed by atoms with Gasteiger partial charge in [-0.25, -0.2) is 0 Å². The van der Waals surface area contributed by atoms with E-state index >= 15 is 0 Å². The second-order valence-electron chi connectivity index (χ2n) is 0.924. The van der Waals surface area contributed by atoms with Crippen LogP contribution < -0.4 is 5.32 Å². The number of amides is 1. The summed E-state index contributed by atoms with van der Waals surface area (Å²) in [5.41, 5.74) is 0. The van der Waals surface area contributed by atoms with Gasteiger partial charge in [-0.05, 0) is 11.6 Å². The highest BCUT2D eigenvalue weighted by molar-refractivity contribution is 6.62. The molecular weight excluding hydrogens is 117 g/mol. The first-order valence-corrected chi connectivity index (χ1v) is 2.19. The summed E-state index contributed by atoms with van der Waals surface area (Å²) in [6.07, 6.45) is 0. The molecule has 0 aromatic rings. The van der Waals surface area contributed by atoms with E-state index in [4.69, 9.17) is 16.7 Å². The van der Waals surface area contributed by atoms with Gasteiger partial charge in [-0.2, -0.15) is 0 Å². The van der Waals surface area contributed by atoms with E-state index in [2.05, 4.69) is 5.32 Å². The van der Waals surface area contributed by atoms with E-state index in [9.17, 15) is 4.79 Å². The van der Waals surface area contributed by atoms with Gasteiger partial charge < -0.3 is 10.4 Å². The zero-order valence-electron chi connectivity index (χ0n) is 3.65. The van der Waals surface area contributed by atoms with E-state index in [0.717, 1.165) is 0 Å². The summed E-state index contributed by atoms with van der Waals surface area (Å²) in [6, 6.07) is 0. The van der Waals surface area contributed by atoms with Crippen molar-refractivity contribution in [1.29, 1.82) is 0 Å². The predicted octanol–water partition coefficient (Wildman–Crippen LogP) is -0.0729. The van der Waals surface area contributed by atoms with Crippen LogP contribution in [0.5, 0.6) is 0 Å². The third kappa shape index (κ3) is 5.72. The summed E-state index contributed by atoms with van der Waals surface area (Å²) in [5.74, 6) is 0. The Morgan fingerprint density at radius 1 is 1.86 bits per heavy atom. The fraction of sp³-hybridized carbons (Fsp3) is 0.667. The normalized spacial score (nSPS) is 8.29. The molecule has 0 spiro atoms. The molecule has 3 nitrogen and oxygen atoms in total. The monoisotopic (exact) mass is 123 g/mol. The second kappa shape index (κ2) is 3.89. The van der Waals surface area contributed by atoms with E-state index in [0.29, 0.717) is 0 Å². The summed E-state index contributed by atoms with van der Waals surface area (Å²) in [5, 5.41) is 9.58. The second-order valence-corrected chi connectivity index (χ2v) is 1.27. The SMILES string of the molecule is O=C(Cl)NCCO. The largest absolute Gasteiger partial charge is 0.395 e. The molecule has 0 aliphatic carbocycles. The average molecular weight is 124 g/mol. The molecule has 0 aliphatic heterocycles. The summed E-state index contributed by atoms with van der Waals surface area (Å²) in [4.78, 5) is 9.75. The topological polar surface area (TPSA) is 49.3 Å². The molecule has 0 aromatic heterocycles. The van der Waals surface area contributed by atoms with Crippen LogP contribution in [0, 0.1) is 0 Å². The minimum absolute atomic E-state index is 0.0710. The van der Waals surface area contributed by atoms with Crippen LogP contribution in [0.25, 0.3) is 0 Å². The number of aliphatic hydroxyl groups excluding tert-OH is 1. The van der Waals surface area contributed by atoms with Crippen LogP contribution in [-0.2, 0) is 0 Å². The Morgan fingerprint density at radius 2 is 2.43 bits per heavy atom. The van der Waals surface area contributed by atoms with Crippen molar-refractivity contribution < 1.29 is 9.90 Å². The first-order valence-electron chi connectivity index (χ1n) is 1.81. The van der Waals surface area contributed by atoms with Crippen molar-refractivity contribution in [2.75, 3.05) is 13.2 Å². The van der Waals surface area contributed by atoms with E-state index in [1.54, 1.807) is 0 Å². The fourth-order valence-corrected chi connectivity index (χ4v) is 0.249. The lowest BCUT2D eigenvalue weighted by atomic mass is 10.7. The molecule has 0 aromatic carbocycles. The summed E-state index contributed by atoms with van der Waals surface area (Å²) < 4.78 is 0. The number of hydrogen-bond acceptors (Lipinski definition) is 2. The molecular formula is C3H6ClNO2. The van der Waals surface area contributed by atoms with E-state index in [-0.39, 0.29) is 13.2 Å². The van der Waals surface area contributed by atoms with Crippen molar-refractivity contribution in [3.63, 3.8) is 0 Å². The Morgan fingerprint density at radius 3 is 2.57 bits per heavy atom. The van der Waals surface area contributed by atoms with Crippen LogP contribution in [-0.4, -0.2) is 23.6 Å². The van der Waals surface area contributed by atoms with Crippen molar-refractivity contribution in [2.45, 2.75) is 0 Å². The molecule has 2 N–H and O–H groups in total. The molecule has 0 heterocycles. The zero-order chi connectivity index (χ0) is 5.70. The minimum Gasteiger partial charge on any atom is -0.395 e. The quantitative estimate of drug-likeness (QED) is 0.399. The number of rotatable bonds is 2. The predicted molar refractivity (Wildman–Crippen MR) is 26.3 cm³/mol. The van der Waals surface area contributed by atoms with Crippen LogP contribution in [0.15, 0.2) is 0 Å². The lowest BCUT2D eigenvalue weighted by molar-refractivity contribution is 0.252. The number of carbonyl (C=O) groups excluding carboxylic acids is 1. The molecule has 0 fully saturated rings. The maximum Gasteiger partial charge on any atom is 0.313 e. The van der Waals surface area contributed by atoms with Crippen LogP contribution in [0.4, 0.5) is 4.79 Å². The van der Waals surface area contributed by atoms with Gasteiger partial charge in [-0.15, -0.1) is 0 Å². The van der Waals surface area contributed by atoms with Crippen LogP contribution in [0.3, 0.4) is 0 Å². The third-order valence-corrected chi connectivity index (χ3v) is 0.509. The van der Waals surface area contributed by atoms with Gasteiger partial charge in [0.1, 0.15) is 0 Å². The lowest BCUT2D eigenvalue weighted by Gasteiger charge is -1.91. The maximum absolute atomic E-state index is 9.75. The molecule has 1 amide bonds. The maximum atomic E-state index is 9.75. The third-order valence-electron chi connectivity index (χ3n) is 0.376. The van der Waals surface area contributed by atoms with Crippen molar-refractivity contribution >= 4 is 17.0 Å². The Kier molecular flexibility index (Phi) is 3.74. The number of halogens is 1. The molecule has 0 saturated carbocycles. The number of aliphatic hydroxyl groups is 1. The first kappa shape index (κ1) is 6.72. The highest BCUT2D eigenvalue weighted by Gasteiger charge is 1.87. The smallest absolute Gasteiger partial charge is 0.313 e. The summed E-state index contributed by atoms with van der Waals surface area (Å²) >= 11 is 4.80. The summed E-state index contributed by atoms with van der Waals surface area (Å²) in [7, 11) is 0. The molecule has 0 radical (unpaired) electrons. The molecule has 0 rings (SSSR count). The zero-order valence-corrected chi connectivity index (χ0v) is 4.40. The average Bonchev–Trinajstić information content (AvgIpc) is 1.61. The number of hydrogen-bond donors (Lipinski definition) is 2. The highest BCUT2D eigenvalue weighted by Crippen LogP contribution is 1.72. The molecule has 42 valence electrons. The Bertz CT molecular complexity index is 66.0. The molecule has 7 heavy (non-hydrogen) atoms. The van der Waals surface area contributed by atoms with Crippen molar-refractivity contribution in [3.8, 4) is 0 Å². The van der Waals surface area contributed by atoms with Crippen molar-refractivity contribution in [3.05, 3.63) is 0 Å². The first-order chi connectivity index (χ1) is 3.27. The van der Waals surface area contributed by atoms with Gasteiger partial charge in [-0.3, -0.25) is 4.79 Å². The lowest BCUT2D eigenvalue weighted by Crippen LogP contribution is -2.19. The molecule has 4 heteroatoms. The number of carbonyl (C=O) groups is 1. The van der Waals surface area contributed by atoms with Crippen LogP contribution in [0.2, 0.25) is 0 Å². The van der Waals surface area contributed by atoms with Gasteiger partial charge in [0, 0.05) is 6.54 Å². The fourth-order valence-electron chi connectivity index (χ4n) is 0.154. The van der Waals surface area contributed by atoms with Crippen LogP contribution >= 0.6 is 11.6 Å². The number of nitrogens with one attached hydrogen (secondary N) is 1. The van der Waals surface area contributed by atoms with Gasteiger partial charge in [0.25, 0.3) is 0 Å². The van der Waals surface area contributed by atoms with Gasteiger partial charge in [0.15, 0.2) is 0 Å². The van der Waals surface area contributed by atoms with Crippen molar-refractivity contribution in [1.82, 2.24) is 5.32 Å².